The fourth-order valence-electron chi connectivity index (χ4n) is 2.96. The van der Waals surface area contributed by atoms with Crippen LogP contribution in [0.4, 0.5) is 0 Å². The lowest BCUT2D eigenvalue weighted by Gasteiger charge is -2.33. The molecule has 1 aliphatic rings. The van der Waals surface area contributed by atoms with Gasteiger partial charge in [-0.25, -0.2) is 0 Å². The summed E-state index contributed by atoms with van der Waals surface area (Å²) in [5, 5.41) is 0. The number of hydrogen-bond donors (Lipinski definition) is 1. The zero-order valence-corrected chi connectivity index (χ0v) is 11.7. The first-order chi connectivity index (χ1) is 7.28. The molecule has 16 heavy (non-hydrogen) atoms. The fourth-order valence-corrected chi connectivity index (χ4v) is 2.96. The molecule has 2 N–H and O–H groups in total. The summed E-state index contributed by atoms with van der Waals surface area (Å²) in [5.74, 6) is 0.695. The number of rotatable bonds is 5. The molecular formula is C14H29NO. The maximum Gasteiger partial charge on any atom is 0.0623 e. The first-order valence-electron chi connectivity index (χ1n) is 6.59. The summed E-state index contributed by atoms with van der Waals surface area (Å²) in [6.07, 6.45) is 6.12. The normalized spacial score (nSPS) is 27.0. The summed E-state index contributed by atoms with van der Waals surface area (Å²) in [5.41, 5.74) is 6.77. The zero-order chi connectivity index (χ0) is 12.4. The van der Waals surface area contributed by atoms with E-state index < -0.39 is 0 Å². The van der Waals surface area contributed by atoms with E-state index >= 15 is 0 Å². The molecule has 0 radical (unpaired) electrons. The first kappa shape index (κ1) is 14.0. The molecule has 0 saturated heterocycles. The molecular weight excluding hydrogens is 198 g/mol. The van der Waals surface area contributed by atoms with Gasteiger partial charge in [-0.15, -0.1) is 0 Å². The largest absolute Gasteiger partial charge is 0.379 e. The molecule has 1 aliphatic carbocycles. The van der Waals surface area contributed by atoms with Crippen molar-refractivity contribution in [3.05, 3.63) is 0 Å². The van der Waals surface area contributed by atoms with Crippen LogP contribution in [0.15, 0.2) is 0 Å². The van der Waals surface area contributed by atoms with Gasteiger partial charge in [0, 0.05) is 13.2 Å². The standard InChI is InChI=1S/C14H29NO/c1-13(2)9-6-7-11(13)12(15)8-10-14(3,4)16-5/h11-12H,6-10,15H2,1-5H3. The molecule has 1 rings (SSSR count). The first-order valence-corrected chi connectivity index (χ1v) is 6.59. The summed E-state index contributed by atoms with van der Waals surface area (Å²) in [6.45, 7) is 9.01. The van der Waals surface area contributed by atoms with E-state index in [1.165, 1.54) is 19.3 Å². The van der Waals surface area contributed by atoms with Gasteiger partial charge in [0.15, 0.2) is 0 Å². The molecule has 0 aliphatic heterocycles. The monoisotopic (exact) mass is 227 g/mol. The lowest BCUT2D eigenvalue weighted by Crippen LogP contribution is -2.38. The molecule has 2 unspecified atom stereocenters. The Bertz CT molecular complexity index is 223. The highest BCUT2D eigenvalue weighted by Crippen LogP contribution is 2.44. The van der Waals surface area contributed by atoms with Crippen LogP contribution in [0.2, 0.25) is 0 Å². The molecule has 1 fully saturated rings. The second-order valence-electron chi connectivity index (χ2n) is 6.65. The lowest BCUT2D eigenvalue weighted by atomic mass is 9.76. The summed E-state index contributed by atoms with van der Waals surface area (Å²) in [4.78, 5) is 0. The zero-order valence-electron chi connectivity index (χ0n) is 11.7. The maximum absolute atomic E-state index is 6.36. The van der Waals surface area contributed by atoms with Crippen molar-refractivity contribution in [1.82, 2.24) is 0 Å². The van der Waals surface area contributed by atoms with Crippen LogP contribution < -0.4 is 5.73 Å². The molecule has 0 spiro atoms. The molecule has 1 saturated carbocycles. The minimum Gasteiger partial charge on any atom is -0.379 e. The third-order valence-electron chi connectivity index (χ3n) is 4.49. The van der Waals surface area contributed by atoms with Crippen LogP contribution in [0, 0.1) is 11.3 Å². The molecule has 0 heterocycles. The van der Waals surface area contributed by atoms with Gasteiger partial charge in [0.25, 0.3) is 0 Å². The van der Waals surface area contributed by atoms with Crippen LogP contribution in [0.3, 0.4) is 0 Å². The number of nitrogens with two attached hydrogens (primary N) is 1. The van der Waals surface area contributed by atoms with Crippen molar-refractivity contribution in [2.24, 2.45) is 17.1 Å². The molecule has 0 aromatic carbocycles. The topological polar surface area (TPSA) is 35.2 Å². The van der Waals surface area contributed by atoms with Crippen molar-refractivity contribution < 1.29 is 4.74 Å². The van der Waals surface area contributed by atoms with Gasteiger partial charge in [-0.05, 0) is 50.9 Å². The van der Waals surface area contributed by atoms with E-state index in [9.17, 15) is 0 Å². The fraction of sp³-hybridized carbons (Fsp3) is 1.00. The van der Waals surface area contributed by atoms with Gasteiger partial charge in [-0.3, -0.25) is 0 Å². The van der Waals surface area contributed by atoms with Crippen molar-refractivity contribution >= 4 is 0 Å². The lowest BCUT2D eigenvalue weighted by molar-refractivity contribution is 0.00983. The second kappa shape index (κ2) is 5.05. The van der Waals surface area contributed by atoms with Crippen LogP contribution >= 0.6 is 0 Å². The quantitative estimate of drug-likeness (QED) is 0.781. The van der Waals surface area contributed by atoms with Gasteiger partial charge >= 0.3 is 0 Å². The van der Waals surface area contributed by atoms with Gasteiger partial charge in [-0.2, -0.15) is 0 Å². The predicted molar refractivity (Wildman–Crippen MR) is 69.4 cm³/mol. The Balaban J connectivity index is 2.44. The van der Waals surface area contributed by atoms with Crippen LogP contribution in [-0.4, -0.2) is 18.8 Å². The smallest absolute Gasteiger partial charge is 0.0623 e. The van der Waals surface area contributed by atoms with Crippen molar-refractivity contribution in [3.63, 3.8) is 0 Å². The van der Waals surface area contributed by atoms with Crippen LogP contribution in [-0.2, 0) is 4.74 Å². The molecule has 0 aromatic heterocycles. The Hall–Kier alpha value is -0.0800. The number of methoxy groups -OCH3 is 1. The third-order valence-corrected chi connectivity index (χ3v) is 4.49. The average Bonchev–Trinajstić information content (AvgIpc) is 2.55. The summed E-state index contributed by atoms with van der Waals surface area (Å²) < 4.78 is 5.45. The van der Waals surface area contributed by atoms with Gasteiger partial charge < -0.3 is 10.5 Å². The Morgan fingerprint density at radius 3 is 2.50 bits per heavy atom. The molecule has 0 aromatic rings. The Kier molecular flexibility index (Phi) is 4.42. The molecule has 0 bridgehead atoms. The molecule has 0 amide bonds. The summed E-state index contributed by atoms with van der Waals surface area (Å²) >= 11 is 0. The van der Waals surface area contributed by atoms with Crippen molar-refractivity contribution in [1.29, 1.82) is 0 Å². The maximum atomic E-state index is 6.36. The van der Waals surface area contributed by atoms with E-state index in [-0.39, 0.29) is 5.60 Å². The van der Waals surface area contributed by atoms with Gasteiger partial charge in [0.2, 0.25) is 0 Å². The molecule has 96 valence electrons. The Labute approximate surface area is 101 Å². The highest BCUT2D eigenvalue weighted by molar-refractivity contribution is 4.91. The molecule has 2 nitrogen and oxygen atoms in total. The highest BCUT2D eigenvalue weighted by Gasteiger charge is 2.38. The number of hydrogen-bond acceptors (Lipinski definition) is 2. The van der Waals surface area contributed by atoms with E-state index in [0.717, 1.165) is 12.8 Å². The summed E-state index contributed by atoms with van der Waals surface area (Å²) in [6, 6.07) is 0.340. The van der Waals surface area contributed by atoms with Crippen molar-refractivity contribution in [2.75, 3.05) is 7.11 Å². The minimum absolute atomic E-state index is 0.0274. The van der Waals surface area contributed by atoms with Gasteiger partial charge in [0.05, 0.1) is 5.60 Å². The van der Waals surface area contributed by atoms with E-state index in [4.69, 9.17) is 10.5 Å². The Morgan fingerprint density at radius 2 is 2.06 bits per heavy atom. The van der Waals surface area contributed by atoms with E-state index in [2.05, 4.69) is 27.7 Å². The average molecular weight is 227 g/mol. The van der Waals surface area contributed by atoms with E-state index in [1.54, 1.807) is 7.11 Å². The van der Waals surface area contributed by atoms with E-state index in [0.29, 0.717) is 17.4 Å². The van der Waals surface area contributed by atoms with Gasteiger partial charge in [0.1, 0.15) is 0 Å². The predicted octanol–water partition coefficient (Wildman–Crippen LogP) is 3.35. The highest BCUT2D eigenvalue weighted by atomic mass is 16.5. The molecule has 2 heteroatoms. The number of ether oxygens (including phenoxy) is 1. The molecule has 2 atom stereocenters. The van der Waals surface area contributed by atoms with E-state index in [1.807, 2.05) is 0 Å². The minimum atomic E-state index is -0.0274. The Morgan fingerprint density at radius 1 is 1.44 bits per heavy atom. The van der Waals surface area contributed by atoms with Crippen LogP contribution in [0.5, 0.6) is 0 Å². The summed E-state index contributed by atoms with van der Waals surface area (Å²) in [7, 11) is 1.78. The van der Waals surface area contributed by atoms with Crippen LogP contribution in [0.1, 0.15) is 59.8 Å². The third kappa shape index (κ3) is 3.46. The SMILES string of the molecule is COC(C)(C)CCC(N)C1CCCC1(C)C. The van der Waals surface area contributed by atoms with Crippen LogP contribution in [0.25, 0.3) is 0 Å². The second-order valence-corrected chi connectivity index (χ2v) is 6.65. The van der Waals surface area contributed by atoms with Gasteiger partial charge in [-0.1, -0.05) is 20.3 Å². The van der Waals surface area contributed by atoms with Crippen molar-refractivity contribution in [3.8, 4) is 0 Å². The van der Waals surface area contributed by atoms with Crippen molar-refractivity contribution in [2.45, 2.75) is 71.4 Å².